The van der Waals surface area contributed by atoms with Gasteiger partial charge in [-0.15, -0.1) is 0 Å². The van der Waals surface area contributed by atoms with Crippen LogP contribution in [0.3, 0.4) is 0 Å². The number of rotatable bonds is 3. The van der Waals surface area contributed by atoms with Crippen LogP contribution in [0.1, 0.15) is 32.6 Å². The van der Waals surface area contributed by atoms with E-state index in [1.165, 1.54) is 6.42 Å². The minimum Gasteiger partial charge on any atom is -0.370 e. The van der Waals surface area contributed by atoms with E-state index in [0.29, 0.717) is 12.0 Å². The molecule has 1 aliphatic carbocycles. The molecule has 0 fully saturated rings. The molecule has 1 unspecified atom stereocenters. The summed E-state index contributed by atoms with van der Waals surface area (Å²) in [6.45, 7) is 2.92. The highest BCUT2D eigenvalue weighted by atomic mass is 15.1. The lowest BCUT2D eigenvalue weighted by Crippen LogP contribution is -2.40. The van der Waals surface area contributed by atoms with E-state index in [1.54, 1.807) is 0 Å². The summed E-state index contributed by atoms with van der Waals surface area (Å²) in [6, 6.07) is 0.491. The van der Waals surface area contributed by atoms with Crippen LogP contribution in [0, 0.1) is 0 Å². The molecule has 0 bridgehead atoms. The lowest BCUT2D eigenvalue weighted by atomic mass is 10.0. The minimum atomic E-state index is 0.491. The molecule has 0 aromatic heterocycles. The molecule has 0 amide bonds. The summed E-state index contributed by atoms with van der Waals surface area (Å²) in [4.78, 5) is 4.20. The monoisotopic (exact) mass is 181 g/mol. The van der Waals surface area contributed by atoms with Gasteiger partial charge in [0.05, 0.1) is 0 Å². The lowest BCUT2D eigenvalue weighted by Gasteiger charge is -2.19. The van der Waals surface area contributed by atoms with Gasteiger partial charge in [0.1, 0.15) is 0 Å². The smallest absolute Gasteiger partial charge is 0.188 e. The first-order chi connectivity index (χ1) is 6.33. The van der Waals surface area contributed by atoms with Crippen molar-refractivity contribution in [2.75, 3.05) is 6.54 Å². The normalized spacial score (nSPS) is 23.2. The van der Waals surface area contributed by atoms with Gasteiger partial charge in [0.2, 0.25) is 0 Å². The molecule has 0 heterocycles. The van der Waals surface area contributed by atoms with Crippen LogP contribution in [0.5, 0.6) is 0 Å². The van der Waals surface area contributed by atoms with Gasteiger partial charge >= 0.3 is 0 Å². The second-order valence-electron chi connectivity index (χ2n) is 3.39. The van der Waals surface area contributed by atoms with Crippen LogP contribution in [-0.2, 0) is 0 Å². The Kier molecular flexibility index (Phi) is 4.36. The van der Waals surface area contributed by atoms with Gasteiger partial charge in [-0.1, -0.05) is 19.1 Å². The number of hydrogen-bond acceptors (Lipinski definition) is 1. The summed E-state index contributed by atoms with van der Waals surface area (Å²) >= 11 is 0. The summed E-state index contributed by atoms with van der Waals surface area (Å²) in [5, 5.41) is 3.23. The molecule has 1 aliphatic rings. The number of aliphatic imine (C=N–C) groups is 1. The van der Waals surface area contributed by atoms with E-state index in [1.807, 2.05) is 0 Å². The van der Waals surface area contributed by atoms with E-state index in [2.05, 4.69) is 29.4 Å². The molecule has 3 heteroatoms. The van der Waals surface area contributed by atoms with E-state index >= 15 is 0 Å². The molecular formula is C10H19N3. The predicted octanol–water partition coefficient (Wildman–Crippen LogP) is 1.41. The summed E-state index contributed by atoms with van der Waals surface area (Å²) in [7, 11) is 0. The Bertz CT molecular complexity index is 196. The third-order valence-corrected chi connectivity index (χ3v) is 2.13. The van der Waals surface area contributed by atoms with Crippen LogP contribution in [0.25, 0.3) is 0 Å². The van der Waals surface area contributed by atoms with Crippen molar-refractivity contribution >= 4 is 5.96 Å². The predicted molar refractivity (Wildman–Crippen MR) is 56.7 cm³/mol. The zero-order chi connectivity index (χ0) is 9.52. The molecule has 13 heavy (non-hydrogen) atoms. The largest absolute Gasteiger partial charge is 0.370 e. The molecule has 1 rings (SSSR count). The molecule has 3 N–H and O–H groups in total. The number of nitrogens with zero attached hydrogens (tertiary/aromatic N) is 1. The molecule has 0 saturated heterocycles. The molecule has 0 aliphatic heterocycles. The second-order valence-corrected chi connectivity index (χ2v) is 3.39. The van der Waals surface area contributed by atoms with Crippen LogP contribution in [0.15, 0.2) is 17.1 Å². The Morgan fingerprint density at radius 2 is 2.46 bits per heavy atom. The number of nitrogens with two attached hydrogens (primary N) is 1. The molecule has 0 saturated carbocycles. The van der Waals surface area contributed by atoms with Gasteiger partial charge in [0, 0.05) is 12.6 Å². The van der Waals surface area contributed by atoms with E-state index in [4.69, 9.17) is 5.73 Å². The number of nitrogens with one attached hydrogen (secondary N) is 1. The third-order valence-electron chi connectivity index (χ3n) is 2.13. The Morgan fingerprint density at radius 1 is 1.62 bits per heavy atom. The Hall–Kier alpha value is -0.990. The first-order valence-electron chi connectivity index (χ1n) is 5.04. The molecular weight excluding hydrogens is 162 g/mol. The van der Waals surface area contributed by atoms with Crippen LogP contribution in [0.4, 0.5) is 0 Å². The third kappa shape index (κ3) is 3.97. The van der Waals surface area contributed by atoms with E-state index in [9.17, 15) is 0 Å². The van der Waals surface area contributed by atoms with Crippen molar-refractivity contribution in [2.45, 2.75) is 38.6 Å². The fourth-order valence-corrected chi connectivity index (χ4v) is 1.41. The average molecular weight is 181 g/mol. The summed E-state index contributed by atoms with van der Waals surface area (Å²) < 4.78 is 0. The Balaban J connectivity index is 2.26. The molecule has 1 atom stereocenters. The van der Waals surface area contributed by atoms with Gasteiger partial charge in [-0.05, 0) is 25.7 Å². The summed E-state index contributed by atoms with van der Waals surface area (Å²) in [6.07, 6.45) is 8.86. The van der Waals surface area contributed by atoms with Crippen molar-refractivity contribution in [3.05, 3.63) is 12.2 Å². The summed E-state index contributed by atoms with van der Waals surface area (Å²) in [5.74, 6) is 0.599. The minimum absolute atomic E-state index is 0.491. The maximum absolute atomic E-state index is 5.71. The van der Waals surface area contributed by atoms with Crippen molar-refractivity contribution in [2.24, 2.45) is 10.7 Å². The number of guanidine groups is 1. The van der Waals surface area contributed by atoms with Gasteiger partial charge in [-0.25, -0.2) is 0 Å². The van der Waals surface area contributed by atoms with Crippen LogP contribution in [-0.4, -0.2) is 18.5 Å². The van der Waals surface area contributed by atoms with Crippen LogP contribution in [0.2, 0.25) is 0 Å². The second kappa shape index (κ2) is 5.62. The van der Waals surface area contributed by atoms with Gasteiger partial charge in [0.15, 0.2) is 5.96 Å². The fourth-order valence-electron chi connectivity index (χ4n) is 1.41. The first kappa shape index (κ1) is 10.1. The Morgan fingerprint density at radius 3 is 3.08 bits per heavy atom. The zero-order valence-corrected chi connectivity index (χ0v) is 8.29. The van der Waals surface area contributed by atoms with Crippen LogP contribution < -0.4 is 11.1 Å². The van der Waals surface area contributed by atoms with Gasteiger partial charge in [0.25, 0.3) is 0 Å². The molecule has 0 radical (unpaired) electrons. The Labute approximate surface area is 80.1 Å². The highest BCUT2D eigenvalue weighted by Gasteiger charge is 2.09. The molecule has 3 nitrogen and oxygen atoms in total. The zero-order valence-electron chi connectivity index (χ0n) is 8.29. The van der Waals surface area contributed by atoms with Gasteiger partial charge in [-0.2, -0.15) is 0 Å². The standard InChI is InChI=1S/C10H19N3/c1-2-8-12-10(11)13-9-6-4-3-5-7-9/h3-4,9H,2,5-8H2,1H3,(H3,11,12,13). The maximum atomic E-state index is 5.71. The van der Waals surface area contributed by atoms with Crippen molar-refractivity contribution in [3.63, 3.8) is 0 Å². The quantitative estimate of drug-likeness (QED) is 0.393. The molecule has 0 spiro atoms. The van der Waals surface area contributed by atoms with Crippen molar-refractivity contribution < 1.29 is 0 Å². The first-order valence-corrected chi connectivity index (χ1v) is 5.04. The number of hydrogen-bond donors (Lipinski definition) is 2. The molecule has 0 aromatic rings. The molecule has 74 valence electrons. The van der Waals surface area contributed by atoms with E-state index in [-0.39, 0.29) is 0 Å². The van der Waals surface area contributed by atoms with Crippen LogP contribution >= 0.6 is 0 Å². The molecule has 0 aromatic carbocycles. The van der Waals surface area contributed by atoms with Crippen molar-refractivity contribution in [3.8, 4) is 0 Å². The highest BCUT2D eigenvalue weighted by Crippen LogP contribution is 2.09. The van der Waals surface area contributed by atoms with Gasteiger partial charge in [-0.3, -0.25) is 4.99 Å². The SMILES string of the molecule is CCCN=C(N)NC1CC=CCC1. The number of allylic oxidation sites excluding steroid dienone is 1. The topological polar surface area (TPSA) is 50.4 Å². The van der Waals surface area contributed by atoms with E-state index in [0.717, 1.165) is 25.8 Å². The van der Waals surface area contributed by atoms with Gasteiger partial charge < -0.3 is 11.1 Å². The lowest BCUT2D eigenvalue weighted by molar-refractivity contribution is 0.550. The average Bonchev–Trinajstić information content (AvgIpc) is 2.16. The summed E-state index contributed by atoms with van der Waals surface area (Å²) in [5.41, 5.74) is 5.71. The van der Waals surface area contributed by atoms with E-state index < -0.39 is 0 Å². The highest BCUT2D eigenvalue weighted by molar-refractivity contribution is 5.78. The van der Waals surface area contributed by atoms with Crippen molar-refractivity contribution in [1.82, 2.24) is 5.32 Å². The maximum Gasteiger partial charge on any atom is 0.188 e. The van der Waals surface area contributed by atoms with Crippen molar-refractivity contribution in [1.29, 1.82) is 0 Å². The fraction of sp³-hybridized carbons (Fsp3) is 0.700.